The first-order valence-corrected chi connectivity index (χ1v) is 4.77. The number of hydrogen-bond acceptors (Lipinski definition) is 2. The average molecular weight is 210 g/mol. The standard InChI is InChI=1S/C11H12ClNO/c1-8(7-13)5-9-3-4-10(14-2)6-11(9)12/h3-4,6,8H,5H2,1-2H3. The van der Waals surface area contributed by atoms with Crippen LogP contribution in [0.15, 0.2) is 18.2 Å². The van der Waals surface area contributed by atoms with Gasteiger partial charge in [0, 0.05) is 10.9 Å². The number of hydrogen-bond donors (Lipinski definition) is 0. The first kappa shape index (κ1) is 10.9. The Morgan fingerprint density at radius 2 is 2.29 bits per heavy atom. The highest BCUT2D eigenvalue weighted by molar-refractivity contribution is 6.31. The van der Waals surface area contributed by atoms with E-state index in [4.69, 9.17) is 21.6 Å². The zero-order valence-corrected chi connectivity index (χ0v) is 9.01. The molecule has 0 saturated carbocycles. The molecule has 0 aliphatic carbocycles. The number of methoxy groups -OCH3 is 1. The van der Waals surface area contributed by atoms with Crippen LogP contribution in [0.2, 0.25) is 5.02 Å². The Morgan fingerprint density at radius 1 is 1.57 bits per heavy atom. The Hall–Kier alpha value is -1.20. The van der Waals surface area contributed by atoms with E-state index in [2.05, 4.69) is 6.07 Å². The molecule has 0 aliphatic heterocycles. The molecule has 0 spiro atoms. The predicted molar refractivity (Wildman–Crippen MR) is 56.5 cm³/mol. The van der Waals surface area contributed by atoms with E-state index in [1.165, 1.54) is 0 Å². The van der Waals surface area contributed by atoms with Gasteiger partial charge < -0.3 is 4.74 Å². The van der Waals surface area contributed by atoms with Gasteiger partial charge in [-0.05, 0) is 31.0 Å². The van der Waals surface area contributed by atoms with Gasteiger partial charge in [-0.3, -0.25) is 0 Å². The molecular formula is C11H12ClNO. The Labute approximate surface area is 89.1 Å². The summed E-state index contributed by atoms with van der Waals surface area (Å²) in [6, 6.07) is 7.69. The quantitative estimate of drug-likeness (QED) is 0.767. The molecule has 3 heteroatoms. The van der Waals surface area contributed by atoms with Crippen LogP contribution in [-0.4, -0.2) is 7.11 Å². The first-order valence-electron chi connectivity index (χ1n) is 4.39. The van der Waals surface area contributed by atoms with Gasteiger partial charge in [-0.15, -0.1) is 0 Å². The lowest BCUT2D eigenvalue weighted by atomic mass is 10.0. The van der Waals surface area contributed by atoms with E-state index in [9.17, 15) is 0 Å². The fraction of sp³-hybridized carbons (Fsp3) is 0.364. The Kier molecular flexibility index (Phi) is 3.79. The molecular weight excluding hydrogens is 198 g/mol. The molecule has 1 rings (SSSR count). The topological polar surface area (TPSA) is 33.0 Å². The Morgan fingerprint density at radius 3 is 2.79 bits per heavy atom. The lowest BCUT2D eigenvalue weighted by Crippen LogP contribution is -1.97. The highest BCUT2D eigenvalue weighted by Gasteiger charge is 2.06. The molecule has 1 aromatic rings. The van der Waals surface area contributed by atoms with Gasteiger partial charge in [0.25, 0.3) is 0 Å². The molecule has 0 heterocycles. The van der Waals surface area contributed by atoms with E-state index in [1.807, 2.05) is 19.1 Å². The first-order chi connectivity index (χ1) is 6.67. The van der Waals surface area contributed by atoms with Gasteiger partial charge in [0.05, 0.1) is 13.2 Å². The number of ether oxygens (including phenoxy) is 1. The van der Waals surface area contributed by atoms with E-state index >= 15 is 0 Å². The number of nitriles is 1. The third kappa shape index (κ3) is 2.65. The largest absolute Gasteiger partial charge is 0.497 e. The van der Waals surface area contributed by atoms with Crippen molar-refractivity contribution in [2.24, 2.45) is 5.92 Å². The molecule has 0 N–H and O–H groups in total. The van der Waals surface area contributed by atoms with E-state index in [-0.39, 0.29) is 5.92 Å². The minimum atomic E-state index is -0.0131. The van der Waals surface area contributed by atoms with Gasteiger partial charge in [-0.1, -0.05) is 17.7 Å². The molecule has 0 aromatic heterocycles. The van der Waals surface area contributed by atoms with Crippen LogP contribution >= 0.6 is 11.6 Å². The van der Waals surface area contributed by atoms with Gasteiger partial charge in [-0.25, -0.2) is 0 Å². The third-order valence-corrected chi connectivity index (χ3v) is 2.36. The Bertz CT molecular complexity index is 357. The molecule has 2 nitrogen and oxygen atoms in total. The van der Waals surface area contributed by atoms with Crippen molar-refractivity contribution < 1.29 is 4.74 Å². The van der Waals surface area contributed by atoms with E-state index < -0.39 is 0 Å². The van der Waals surface area contributed by atoms with Crippen molar-refractivity contribution in [1.29, 1.82) is 5.26 Å². The van der Waals surface area contributed by atoms with Gasteiger partial charge in [0.15, 0.2) is 0 Å². The minimum Gasteiger partial charge on any atom is -0.497 e. The summed E-state index contributed by atoms with van der Waals surface area (Å²) in [5.41, 5.74) is 0.988. The van der Waals surface area contributed by atoms with Crippen molar-refractivity contribution in [1.82, 2.24) is 0 Å². The smallest absolute Gasteiger partial charge is 0.120 e. The maximum Gasteiger partial charge on any atom is 0.120 e. The normalized spacial score (nSPS) is 11.9. The second-order valence-corrected chi connectivity index (χ2v) is 3.60. The summed E-state index contributed by atoms with van der Waals surface area (Å²) in [5, 5.41) is 9.33. The molecule has 0 radical (unpaired) electrons. The van der Waals surface area contributed by atoms with Crippen LogP contribution in [0.5, 0.6) is 5.75 Å². The second-order valence-electron chi connectivity index (χ2n) is 3.19. The highest BCUT2D eigenvalue weighted by Crippen LogP contribution is 2.24. The zero-order chi connectivity index (χ0) is 10.6. The highest BCUT2D eigenvalue weighted by atomic mass is 35.5. The molecule has 1 aromatic carbocycles. The van der Waals surface area contributed by atoms with Crippen molar-refractivity contribution in [2.75, 3.05) is 7.11 Å². The second kappa shape index (κ2) is 4.88. The molecule has 0 bridgehead atoms. The minimum absolute atomic E-state index is 0.0131. The zero-order valence-electron chi connectivity index (χ0n) is 8.25. The van der Waals surface area contributed by atoms with Gasteiger partial charge in [0.1, 0.15) is 5.75 Å². The summed E-state index contributed by atoms with van der Waals surface area (Å²) in [4.78, 5) is 0. The molecule has 1 atom stereocenters. The summed E-state index contributed by atoms with van der Waals surface area (Å²) in [7, 11) is 1.60. The molecule has 74 valence electrons. The average Bonchev–Trinajstić information content (AvgIpc) is 2.20. The monoisotopic (exact) mass is 209 g/mol. The molecule has 1 unspecified atom stereocenters. The summed E-state index contributed by atoms with van der Waals surface area (Å²) in [6.45, 7) is 1.88. The van der Waals surface area contributed by atoms with Crippen LogP contribution in [0.1, 0.15) is 12.5 Å². The van der Waals surface area contributed by atoms with Crippen molar-refractivity contribution in [2.45, 2.75) is 13.3 Å². The number of halogens is 1. The summed E-state index contributed by atoms with van der Waals surface area (Å²) < 4.78 is 5.03. The van der Waals surface area contributed by atoms with Crippen LogP contribution in [-0.2, 0) is 6.42 Å². The van der Waals surface area contributed by atoms with Crippen molar-refractivity contribution >= 4 is 11.6 Å². The summed E-state index contributed by atoms with van der Waals surface area (Å²) in [6.07, 6.45) is 0.680. The molecule has 0 amide bonds. The van der Waals surface area contributed by atoms with Gasteiger partial charge in [0.2, 0.25) is 0 Å². The maximum absolute atomic E-state index is 8.67. The molecule has 0 aliphatic rings. The van der Waals surface area contributed by atoms with Gasteiger partial charge >= 0.3 is 0 Å². The Balaban J connectivity index is 2.85. The third-order valence-electron chi connectivity index (χ3n) is 2.01. The van der Waals surface area contributed by atoms with Crippen molar-refractivity contribution in [3.05, 3.63) is 28.8 Å². The van der Waals surface area contributed by atoms with Crippen molar-refractivity contribution in [3.8, 4) is 11.8 Å². The fourth-order valence-corrected chi connectivity index (χ4v) is 1.44. The van der Waals surface area contributed by atoms with Crippen LogP contribution in [0, 0.1) is 17.2 Å². The van der Waals surface area contributed by atoms with Crippen LogP contribution in [0.3, 0.4) is 0 Å². The lowest BCUT2D eigenvalue weighted by molar-refractivity contribution is 0.414. The molecule has 14 heavy (non-hydrogen) atoms. The summed E-state index contributed by atoms with van der Waals surface area (Å²) in [5.74, 6) is 0.726. The predicted octanol–water partition coefficient (Wildman–Crippen LogP) is 3.05. The molecule has 0 saturated heterocycles. The van der Waals surface area contributed by atoms with Crippen LogP contribution in [0.25, 0.3) is 0 Å². The van der Waals surface area contributed by atoms with Crippen molar-refractivity contribution in [3.63, 3.8) is 0 Å². The SMILES string of the molecule is COc1ccc(CC(C)C#N)c(Cl)c1. The molecule has 0 fully saturated rings. The van der Waals surface area contributed by atoms with Crippen LogP contribution in [0.4, 0.5) is 0 Å². The maximum atomic E-state index is 8.67. The number of rotatable bonds is 3. The lowest BCUT2D eigenvalue weighted by Gasteiger charge is -2.07. The number of benzene rings is 1. The number of nitrogens with zero attached hydrogens (tertiary/aromatic N) is 1. The van der Waals surface area contributed by atoms with E-state index in [1.54, 1.807) is 13.2 Å². The van der Waals surface area contributed by atoms with E-state index in [0.29, 0.717) is 11.4 Å². The fourth-order valence-electron chi connectivity index (χ4n) is 1.20. The summed E-state index contributed by atoms with van der Waals surface area (Å²) >= 11 is 6.02. The van der Waals surface area contributed by atoms with E-state index in [0.717, 1.165) is 11.3 Å². The van der Waals surface area contributed by atoms with Crippen LogP contribution < -0.4 is 4.74 Å². The van der Waals surface area contributed by atoms with Gasteiger partial charge in [-0.2, -0.15) is 5.26 Å².